The Kier molecular flexibility index (Phi) is 3.68. The molecule has 1 saturated heterocycles. The second-order valence-electron chi connectivity index (χ2n) is 6.00. The van der Waals surface area contributed by atoms with Gasteiger partial charge < -0.3 is 9.80 Å². The average molecular weight is 336 g/mol. The van der Waals surface area contributed by atoms with Crippen LogP contribution in [0.15, 0.2) is 49.1 Å². The maximum Gasteiger partial charge on any atom is 0.329 e. The van der Waals surface area contributed by atoms with Crippen molar-refractivity contribution in [3.63, 3.8) is 0 Å². The van der Waals surface area contributed by atoms with Gasteiger partial charge in [-0.2, -0.15) is 0 Å². The normalized spacial score (nSPS) is 17.4. The summed E-state index contributed by atoms with van der Waals surface area (Å²) < 4.78 is 1.45. The van der Waals surface area contributed by atoms with Gasteiger partial charge in [0.1, 0.15) is 6.33 Å². The van der Waals surface area contributed by atoms with Crippen molar-refractivity contribution in [1.82, 2.24) is 19.4 Å². The number of carbonyl (C=O) groups excluding carboxylic acids is 3. The molecule has 1 aromatic carbocycles. The van der Waals surface area contributed by atoms with E-state index in [2.05, 4.69) is 9.88 Å². The molecule has 7 heteroatoms. The Morgan fingerprint density at radius 3 is 2.40 bits per heavy atom. The molecule has 0 unspecified atom stereocenters. The number of carbonyl (C=O) groups is 3. The van der Waals surface area contributed by atoms with Gasteiger partial charge in [0.05, 0.1) is 0 Å². The average Bonchev–Trinajstić information content (AvgIpc) is 3.19. The summed E-state index contributed by atoms with van der Waals surface area (Å²) >= 11 is 0. The van der Waals surface area contributed by atoms with Crippen LogP contribution >= 0.6 is 0 Å². The molecule has 2 heterocycles. The van der Waals surface area contributed by atoms with Crippen LogP contribution in [-0.2, 0) is 4.79 Å². The van der Waals surface area contributed by atoms with Crippen LogP contribution in [-0.4, -0.2) is 63.1 Å². The van der Waals surface area contributed by atoms with Crippen LogP contribution in [0.5, 0.6) is 0 Å². The number of allylic oxidation sites excluding steroid dienone is 1. The van der Waals surface area contributed by atoms with Gasteiger partial charge in [-0.25, -0.2) is 9.78 Å². The number of ketones is 2. The van der Waals surface area contributed by atoms with E-state index >= 15 is 0 Å². The number of nitrogens with zero attached hydrogens (tertiary/aromatic N) is 4. The van der Waals surface area contributed by atoms with Crippen LogP contribution in [0.1, 0.15) is 15.9 Å². The van der Waals surface area contributed by atoms with Gasteiger partial charge in [-0.15, -0.1) is 0 Å². The molecule has 0 saturated carbocycles. The number of benzene rings is 1. The molecule has 0 spiro atoms. The van der Waals surface area contributed by atoms with Gasteiger partial charge >= 0.3 is 6.03 Å². The highest BCUT2D eigenvalue weighted by Gasteiger charge is 2.30. The lowest BCUT2D eigenvalue weighted by atomic mass is 9.92. The third-order valence-electron chi connectivity index (χ3n) is 4.56. The van der Waals surface area contributed by atoms with Crippen LogP contribution < -0.4 is 0 Å². The first kappa shape index (κ1) is 15.3. The largest absolute Gasteiger partial charge is 0.367 e. The Hall–Kier alpha value is -3.22. The van der Waals surface area contributed by atoms with Crippen molar-refractivity contribution in [1.29, 1.82) is 0 Å². The first-order valence-corrected chi connectivity index (χ1v) is 8.07. The van der Waals surface area contributed by atoms with Gasteiger partial charge in [-0.3, -0.25) is 14.2 Å². The molecule has 0 atom stereocenters. The second-order valence-corrected chi connectivity index (χ2v) is 6.00. The minimum absolute atomic E-state index is 0.110. The molecule has 25 heavy (non-hydrogen) atoms. The van der Waals surface area contributed by atoms with Crippen LogP contribution in [0.3, 0.4) is 0 Å². The zero-order chi connectivity index (χ0) is 17.4. The third-order valence-corrected chi connectivity index (χ3v) is 4.56. The molecule has 1 aliphatic heterocycles. The Labute approximate surface area is 144 Å². The molecule has 2 aromatic rings. The van der Waals surface area contributed by atoms with Crippen molar-refractivity contribution in [2.75, 3.05) is 26.2 Å². The number of hydrogen-bond donors (Lipinski definition) is 0. The molecule has 0 bridgehead atoms. The van der Waals surface area contributed by atoms with Crippen molar-refractivity contribution in [3.8, 4) is 0 Å². The molecule has 0 radical (unpaired) electrons. The fourth-order valence-corrected chi connectivity index (χ4v) is 3.24. The van der Waals surface area contributed by atoms with Crippen LogP contribution in [0, 0.1) is 0 Å². The van der Waals surface area contributed by atoms with E-state index in [1.165, 1.54) is 17.0 Å². The minimum Gasteiger partial charge on any atom is -0.367 e. The predicted octanol–water partition coefficient (Wildman–Crippen LogP) is 1.28. The van der Waals surface area contributed by atoms with Gasteiger partial charge in [0.2, 0.25) is 11.6 Å². The number of piperazine rings is 1. The van der Waals surface area contributed by atoms with Gasteiger partial charge in [0, 0.05) is 61.5 Å². The third kappa shape index (κ3) is 2.63. The van der Waals surface area contributed by atoms with Crippen molar-refractivity contribution < 1.29 is 14.4 Å². The minimum atomic E-state index is -0.495. The highest BCUT2D eigenvalue weighted by atomic mass is 16.2. The van der Waals surface area contributed by atoms with Gasteiger partial charge in [0.15, 0.2) is 0 Å². The summed E-state index contributed by atoms with van der Waals surface area (Å²) in [6.07, 6.45) is 6.09. The first-order valence-electron chi connectivity index (χ1n) is 8.07. The van der Waals surface area contributed by atoms with Gasteiger partial charge in [-0.1, -0.05) is 24.3 Å². The Morgan fingerprint density at radius 2 is 1.72 bits per heavy atom. The standard InChI is InChI=1S/C18H16N4O3/c23-16-11-15(13-3-1-2-4-14(13)17(16)24)20-7-9-21(10-8-20)18(25)22-6-5-19-12-22/h1-6,11-12H,7-10H2. The summed E-state index contributed by atoms with van der Waals surface area (Å²) in [4.78, 5) is 44.1. The summed E-state index contributed by atoms with van der Waals surface area (Å²) in [6.45, 7) is 2.28. The highest BCUT2D eigenvalue weighted by Crippen LogP contribution is 2.28. The highest BCUT2D eigenvalue weighted by molar-refractivity contribution is 6.50. The summed E-state index contributed by atoms with van der Waals surface area (Å²) in [6, 6.07) is 7.04. The Bertz CT molecular complexity index is 877. The zero-order valence-corrected chi connectivity index (χ0v) is 13.5. The molecule has 1 fully saturated rings. The molecule has 1 amide bonds. The lowest BCUT2D eigenvalue weighted by Crippen LogP contribution is -2.49. The summed E-state index contributed by atoms with van der Waals surface area (Å²) in [5.41, 5.74) is 1.98. The van der Waals surface area contributed by atoms with Crippen LogP contribution in [0.25, 0.3) is 5.70 Å². The van der Waals surface area contributed by atoms with Gasteiger partial charge in [-0.05, 0) is 0 Å². The van der Waals surface area contributed by atoms with Gasteiger partial charge in [0.25, 0.3) is 0 Å². The summed E-state index contributed by atoms with van der Waals surface area (Å²) in [7, 11) is 0. The second kappa shape index (κ2) is 6.01. The number of imidazole rings is 1. The lowest BCUT2D eigenvalue weighted by Gasteiger charge is -2.38. The molecule has 0 N–H and O–H groups in total. The van der Waals surface area contributed by atoms with E-state index in [4.69, 9.17) is 0 Å². The van der Waals surface area contributed by atoms with E-state index in [1.54, 1.807) is 29.4 Å². The molecular weight excluding hydrogens is 320 g/mol. The monoisotopic (exact) mass is 336 g/mol. The molecule has 7 nitrogen and oxygen atoms in total. The summed E-state index contributed by atoms with van der Waals surface area (Å²) in [5, 5.41) is 0. The number of amides is 1. The fraction of sp³-hybridized carbons (Fsp3) is 0.222. The smallest absolute Gasteiger partial charge is 0.329 e. The fourth-order valence-electron chi connectivity index (χ4n) is 3.24. The molecule has 4 rings (SSSR count). The van der Waals surface area contributed by atoms with E-state index < -0.39 is 11.6 Å². The van der Waals surface area contributed by atoms with E-state index in [0.717, 1.165) is 11.3 Å². The maximum absolute atomic E-state index is 12.4. The lowest BCUT2D eigenvalue weighted by molar-refractivity contribution is -0.111. The topological polar surface area (TPSA) is 75.5 Å². The van der Waals surface area contributed by atoms with Crippen molar-refractivity contribution in [2.24, 2.45) is 0 Å². The van der Waals surface area contributed by atoms with E-state index in [0.29, 0.717) is 31.7 Å². The van der Waals surface area contributed by atoms with E-state index in [9.17, 15) is 14.4 Å². The SMILES string of the molecule is O=C1C=C(N2CCN(C(=O)n3ccnc3)CC2)c2ccccc2C1=O. The Balaban J connectivity index is 1.53. The number of aromatic nitrogens is 2. The number of rotatable bonds is 1. The van der Waals surface area contributed by atoms with Crippen LogP contribution in [0.4, 0.5) is 4.79 Å². The van der Waals surface area contributed by atoms with Crippen molar-refractivity contribution in [2.45, 2.75) is 0 Å². The molecular formula is C18H16N4O3. The number of fused-ring (bicyclic) bond motifs is 1. The molecule has 126 valence electrons. The number of hydrogen-bond acceptors (Lipinski definition) is 5. The van der Waals surface area contributed by atoms with Crippen LogP contribution in [0.2, 0.25) is 0 Å². The first-order chi connectivity index (χ1) is 12.1. The zero-order valence-electron chi connectivity index (χ0n) is 13.5. The quantitative estimate of drug-likeness (QED) is 0.733. The number of Topliss-reactive ketones (excluding diaryl/α,β-unsaturated/α-hetero) is 1. The van der Waals surface area contributed by atoms with Crippen molar-refractivity contribution in [3.05, 3.63) is 60.2 Å². The van der Waals surface area contributed by atoms with E-state index in [-0.39, 0.29) is 6.03 Å². The Morgan fingerprint density at radius 1 is 1.00 bits per heavy atom. The molecule has 2 aliphatic rings. The molecule has 1 aromatic heterocycles. The molecule has 1 aliphatic carbocycles. The van der Waals surface area contributed by atoms with Crippen molar-refractivity contribution >= 4 is 23.3 Å². The van der Waals surface area contributed by atoms with E-state index in [1.807, 2.05) is 12.1 Å². The predicted molar refractivity (Wildman–Crippen MR) is 89.9 cm³/mol. The maximum atomic E-state index is 12.4. The summed E-state index contributed by atoms with van der Waals surface area (Å²) in [5.74, 6) is -0.959.